The van der Waals surface area contributed by atoms with Crippen LogP contribution in [0.5, 0.6) is 5.88 Å². The molecule has 2 rings (SSSR count). The first-order valence-corrected chi connectivity index (χ1v) is 8.64. The third-order valence-electron chi connectivity index (χ3n) is 3.68. The maximum Gasteiger partial charge on any atom is 0.303 e. The van der Waals surface area contributed by atoms with Gasteiger partial charge in [-0.1, -0.05) is 36.4 Å². The van der Waals surface area contributed by atoms with Crippen LogP contribution < -0.4 is 10.1 Å². The number of amides is 1. The summed E-state index contributed by atoms with van der Waals surface area (Å²) in [6.07, 6.45) is 0.851. The Kier molecular flexibility index (Phi) is 7.14. The SMILES string of the molecule is CC(C)Oc1cccc(C(=O)NC(CCC(=O)O)Cc2ccccc2)n1. The van der Waals surface area contributed by atoms with Crippen molar-refractivity contribution in [3.63, 3.8) is 0 Å². The highest BCUT2D eigenvalue weighted by molar-refractivity contribution is 5.92. The molecular formula is C20H24N2O4. The van der Waals surface area contributed by atoms with Gasteiger partial charge in [0.05, 0.1) is 6.10 Å². The number of pyridine rings is 1. The van der Waals surface area contributed by atoms with Crippen LogP contribution in [-0.4, -0.2) is 34.1 Å². The van der Waals surface area contributed by atoms with E-state index in [0.717, 1.165) is 5.56 Å². The summed E-state index contributed by atoms with van der Waals surface area (Å²) in [5, 5.41) is 11.9. The summed E-state index contributed by atoms with van der Waals surface area (Å²) in [6.45, 7) is 3.77. The normalized spacial score (nSPS) is 11.8. The summed E-state index contributed by atoms with van der Waals surface area (Å²) >= 11 is 0. The van der Waals surface area contributed by atoms with E-state index in [1.54, 1.807) is 18.2 Å². The van der Waals surface area contributed by atoms with Crippen molar-refractivity contribution in [3.8, 4) is 5.88 Å². The van der Waals surface area contributed by atoms with Crippen molar-refractivity contribution in [2.24, 2.45) is 0 Å². The van der Waals surface area contributed by atoms with Gasteiger partial charge in [-0.25, -0.2) is 4.98 Å². The average Bonchev–Trinajstić information content (AvgIpc) is 2.60. The van der Waals surface area contributed by atoms with Gasteiger partial charge in [0.1, 0.15) is 5.69 Å². The van der Waals surface area contributed by atoms with Crippen molar-refractivity contribution in [1.29, 1.82) is 0 Å². The van der Waals surface area contributed by atoms with Crippen molar-refractivity contribution in [3.05, 3.63) is 59.8 Å². The van der Waals surface area contributed by atoms with Crippen LogP contribution in [0, 0.1) is 0 Å². The highest BCUT2D eigenvalue weighted by atomic mass is 16.5. The molecule has 0 saturated heterocycles. The number of ether oxygens (including phenoxy) is 1. The van der Waals surface area contributed by atoms with Crippen molar-refractivity contribution in [2.45, 2.75) is 45.3 Å². The van der Waals surface area contributed by atoms with E-state index >= 15 is 0 Å². The van der Waals surface area contributed by atoms with Crippen LogP contribution in [0.25, 0.3) is 0 Å². The summed E-state index contributed by atoms with van der Waals surface area (Å²) in [5.41, 5.74) is 1.28. The molecular weight excluding hydrogens is 332 g/mol. The van der Waals surface area contributed by atoms with Crippen molar-refractivity contribution < 1.29 is 19.4 Å². The van der Waals surface area contributed by atoms with Gasteiger partial charge >= 0.3 is 5.97 Å². The molecule has 0 aliphatic carbocycles. The minimum Gasteiger partial charge on any atom is -0.481 e. The van der Waals surface area contributed by atoms with Crippen LogP contribution in [0.4, 0.5) is 0 Å². The number of aliphatic carboxylic acids is 1. The van der Waals surface area contributed by atoms with Gasteiger partial charge in [0, 0.05) is 18.5 Å². The van der Waals surface area contributed by atoms with Gasteiger partial charge in [-0.3, -0.25) is 9.59 Å². The molecule has 1 heterocycles. The van der Waals surface area contributed by atoms with E-state index in [1.807, 2.05) is 44.2 Å². The fourth-order valence-electron chi connectivity index (χ4n) is 2.53. The minimum atomic E-state index is -0.886. The van der Waals surface area contributed by atoms with Gasteiger partial charge in [-0.2, -0.15) is 0 Å². The second-order valence-electron chi connectivity index (χ2n) is 6.32. The Morgan fingerprint density at radius 1 is 1.12 bits per heavy atom. The number of nitrogens with one attached hydrogen (secondary N) is 1. The lowest BCUT2D eigenvalue weighted by atomic mass is 10.0. The lowest BCUT2D eigenvalue weighted by molar-refractivity contribution is -0.137. The average molecular weight is 356 g/mol. The highest BCUT2D eigenvalue weighted by Crippen LogP contribution is 2.12. The second-order valence-corrected chi connectivity index (χ2v) is 6.32. The molecule has 6 heteroatoms. The van der Waals surface area contributed by atoms with E-state index in [9.17, 15) is 9.59 Å². The number of hydrogen-bond acceptors (Lipinski definition) is 4. The molecule has 0 spiro atoms. The summed E-state index contributed by atoms with van der Waals surface area (Å²) in [7, 11) is 0. The first-order chi connectivity index (χ1) is 12.4. The number of hydrogen-bond donors (Lipinski definition) is 2. The Hall–Kier alpha value is -2.89. The molecule has 1 atom stereocenters. The first-order valence-electron chi connectivity index (χ1n) is 8.64. The highest BCUT2D eigenvalue weighted by Gasteiger charge is 2.17. The van der Waals surface area contributed by atoms with Gasteiger partial charge in [0.15, 0.2) is 0 Å². The maximum atomic E-state index is 12.6. The molecule has 2 aromatic rings. The number of rotatable bonds is 9. The molecule has 2 N–H and O–H groups in total. The largest absolute Gasteiger partial charge is 0.481 e. The fraction of sp³-hybridized carbons (Fsp3) is 0.350. The number of carboxylic acids is 1. The smallest absolute Gasteiger partial charge is 0.303 e. The van der Waals surface area contributed by atoms with Gasteiger partial charge < -0.3 is 15.2 Å². The zero-order valence-electron chi connectivity index (χ0n) is 15.0. The van der Waals surface area contributed by atoms with E-state index < -0.39 is 5.97 Å². The van der Waals surface area contributed by atoms with Crippen LogP contribution in [0.15, 0.2) is 48.5 Å². The zero-order valence-corrected chi connectivity index (χ0v) is 15.0. The Morgan fingerprint density at radius 2 is 1.85 bits per heavy atom. The Morgan fingerprint density at radius 3 is 2.50 bits per heavy atom. The van der Waals surface area contributed by atoms with Crippen LogP contribution in [-0.2, 0) is 11.2 Å². The summed E-state index contributed by atoms with van der Waals surface area (Å²) in [6, 6.07) is 14.4. The van der Waals surface area contributed by atoms with E-state index in [1.165, 1.54) is 0 Å². The minimum absolute atomic E-state index is 0.0122. The number of carbonyl (C=O) groups excluding carboxylic acids is 1. The standard InChI is InChI=1S/C20H24N2O4/c1-14(2)26-18-10-6-9-17(22-18)20(25)21-16(11-12-19(23)24)13-15-7-4-3-5-8-15/h3-10,14,16H,11-13H2,1-2H3,(H,21,25)(H,23,24). The molecule has 138 valence electrons. The monoisotopic (exact) mass is 356 g/mol. The maximum absolute atomic E-state index is 12.6. The second kappa shape index (κ2) is 9.56. The predicted octanol–water partition coefficient (Wildman–Crippen LogP) is 3.07. The van der Waals surface area contributed by atoms with E-state index in [0.29, 0.717) is 18.7 Å². The molecule has 0 saturated carbocycles. The molecule has 1 amide bonds. The number of aromatic nitrogens is 1. The van der Waals surface area contributed by atoms with Gasteiger partial charge in [0.25, 0.3) is 5.91 Å². The lowest BCUT2D eigenvalue weighted by Crippen LogP contribution is -2.37. The predicted molar refractivity (Wildman–Crippen MR) is 98.3 cm³/mol. The molecule has 0 radical (unpaired) electrons. The van der Waals surface area contributed by atoms with Crippen LogP contribution in [0.1, 0.15) is 42.7 Å². The number of carboxylic acid groups (broad SMARTS) is 1. The van der Waals surface area contributed by atoms with Crippen LogP contribution in [0.3, 0.4) is 0 Å². The van der Waals surface area contributed by atoms with Gasteiger partial charge in [0.2, 0.25) is 5.88 Å². The molecule has 1 aromatic heterocycles. The van der Waals surface area contributed by atoms with Crippen molar-refractivity contribution in [2.75, 3.05) is 0 Å². The number of benzene rings is 1. The van der Waals surface area contributed by atoms with E-state index in [2.05, 4.69) is 10.3 Å². The fourth-order valence-corrected chi connectivity index (χ4v) is 2.53. The molecule has 0 aliphatic heterocycles. The van der Waals surface area contributed by atoms with Gasteiger partial charge in [-0.15, -0.1) is 0 Å². The van der Waals surface area contributed by atoms with E-state index in [-0.39, 0.29) is 30.2 Å². The summed E-state index contributed by atoms with van der Waals surface area (Å²) < 4.78 is 5.52. The Labute approximate surface area is 153 Å². The molecule has 6 nitrogen and oxygen atoms in total. The van der Waals surface area contributed by atoms with Crippen LogP contribution >= 0.6 is 0 Å². The molecule has 0 fully saturated rings. The van der Waals surface area contributed by atoms with E-state index in [4.69, 9.17) is 9.84 Å². The Balaban J connectivity index is 2.08. The molecule has 0 bridgehead atoms. The van der Waals surface area contributed by atoms with Gasteiger partial charge in [-0.05, 0) is 38.3 Å². The third-order valence-corrected chi connectivity index (χ3v) is 3.68. The van der Waals surface area contributed by atoms with Crippen molar-refractivity contribution in [1.82, 2.24) is 10.3 Å². The third kappa shape index (κ3) is 6.55. The summed E-state index contributed by atoms with van der Waals surface area (Å²) in [5.74, 6) is -0.842. The number of nitrogens with zero attached hydrogens (tertiary/aromatic N) is 1. The topological polar surface area (TPSA) is 88.5 Å². The van der Waals surface area contributed by atoms with Crippen molar-refractivity contribution >= 4 is 11.9 Å². The first kappa shape index (κ1) is 19.4. The quantitative estimate of drug-likeness (QED) is 0.721. The van der Waals surface area contributed by atoms with Crippen LogP contribution in [0.2, 0.25) is 0 Å². The molecule has 0 aliphatic rings. The summed E-state index contributed by atoms with van der Waals surface area (Å²) in [4.78, 5) is 27.7. The molecule has 1 unspecified atom stereocenters. The molecule has 1 aromatic carbocycles. The molecule has 26 heavy (non-hydrogen) atoms. The number of carbonyl (C=O) groups is 2. The lowest BCUT2D eigenvalue weighted by Gasteiger charge is -2.18. The zero-order chi connectivity index (χ0) is 18.9. The Bertz CT molecular complexity index is 732.